The van der Waals surface area contributed by atoms with Crippen molar-refractivity contribution in [1.82, 2.24) is 15.5 Å². The van der Waals surface area contributed by atoms with Gasteiger partial charge in [0.05, 0.1) is 0 Å². The Kier molecular flexibility index (Phi) is 3.76. The molecule has 0 bridgehead atoms. The number of amides is 1. The molecule has 2 aliphatic rings. The van der Waals surface area contributed by atoms with Crippen molar-refractivity contribution < 1.29 is 9.32 Å². The predicted octanol–water partition coefficient (Wildman–Crippen LogP) is 2.29. The lowest BCUT2D eigenvalue weighted by molar-refractivity contribution is -0.123. The van der Waals surface area contributed by atoms with Crippen LogP contribution in [0.4, 0.5) is 0 Å². The summed E-state index contributed by atoms with van der Waals surface area (Å²) in [6, 6.07) is 0. The van der Waals surface area contributed by atoms with Crippen LogP contribution in [-0.4, -0.2) is 22.6 Å². The smallest absolute Gasteiger partial charge is 0.226 e. The third-order valence-corrected chi connectivity index (χ3v) is 4.58. The van der Waals surface area contributed by atoms with Gasteiger partial charge in [-0.25, -0.2) is 0 Å². The maximum absolute atomic E-state index is 12.0. The minimum Gasteiger partial charge on any atom is -0.356 e. The van der Waals surface area contributed by atoms with Crippen LogP contribution in [-0.2, 0) is 11.2 Å². The van der Waals surface area contributed by atoms with Gasteiger partial charge in [-0.3, -0.25) is 4.79 Å². The molecule has 0 radical (unpaired) electrons. The zero-order valence-electron chi connectivity index (χ0n) is 12.3. The zero-order valence-corrected chi connectivity index (χ0v) is 12.3. The largest absolute Gasteiger partial charge is 0.356 e. The first-order valence-corrected chi connectivity index (χ1v) is 7.77. The number of nitrogens with zero attached hydrogens (tertiary/aromatic N) is 2. The monoisotopic (exact) mass is 277 g/mol. The average molecular weight is 277 g/mol. The molecule has 0 saturated heterocycles. The molecule has 0 aliphatic heterocycles. The quantitative estimate of drug-likeness (QED) is 0.810. The van der Waals surface area contributed by atoms with Gasteiger partial charge in [0.15, 0.2) is 5.82 Å². The van der Waals surface area contributed by atoms with Crippen LogP contribution < -0.4 is 5.32 Å². The highest BCUT2D eigenvalue weighted by Gasteiger charge is 2.56. The first-order chi connectivity index (χ1) is 9.66. The van der Waals surface area contributed by atoms with E-state index in [0.717, 1.165) is 18.7 Å². The van der Waals surface area contributed by atoms with E-state index in [4.69, 9.17) is 4.52 Å². The van der Waals surface area contributed by atoms with Crippen LogP contribution in [0.2, 0.25) is 0 Å². The maximum atomic E-state index is 12.0. The van der Waals surface area contributed by atoms with Crippen LogP contribution >= 0.6 is 0 Å². The molecule has 3 rings (SSSR count). The number of carbonyl (C=O) groups is 1. The average Bonchev–Trinajstić information content (AvgIpc) is 2.85. The summed E-state index contributed by atoms with van der Waals surface area (Å²) in [7, 11) is 0. The van der Waals surface area contributed by atoms with Gasteiger partial charge in [-0.2, -0.15) is 4.98 Å². The molecule has 1 aromatic heterocycles. The molecule has 2 atom stereocenters. The second-order valence-corrected chi connectivity index (χ2v) is 6.38. The van der Waals surface area contributed by atoms with Gasteiger partial charge in [-0.1, -0.05) is 25.4 Å². The maximum Gasteiger partial charge on any atom is 0.226 e. The Hall–Kier alpha value is -1.39. The van der Waals surface area contributed by atoms with Crippen molar-refractivity contribution >= 4 is 5.91 Å². The van der Waals surface area contributed by atoms with E-state index in [-0.39, 0.29) is 5.91 Å². The van der Waals surface area contributed by atoms with Gasteiger partial charge in [0.1, 0.15) is 0 Å². The van der Waals surface area contributed by atoms with Crippen LogP contribution in [0.25, 0.3) is 0 Å². The van der Waals surface area contributed by atoms with E-state index >= 15 is 0 Å². The molecule has 110 valence electrons. The molecule has 1 heterocycles. The van der Waals surface area contributed by atoms with E-state index in [9.17, 15) is 4.79 Å². The summed E-state index contributed by atoms with van der Waals surface area (Å²) in [6.45, 7) is 4.79. The van der Waals surface area contributed by atoms with Gasteiger partial charge in [-0.15, -0.1) is 0 Å². The fourth-order valence-corrected chi connectivity index (χ4v) is 3.38. The van der Waals surface area contributed by atoms with E-state index < -0.39 is 0 Å². The Balaban J connectivity index is 1.35. The van der Waals surface area contributed by atoms with Gasteiger partial charge < -0.3 is 9.84 Å². The zero-order chi connectivity index (χ0) is 14.1. The first kappa shape index (κ1) is 13.6. The van der Waals surface area contributed by atoms with Crippen molar-refractivity contribution in [3.05, 3.63) is 11.7 Å². The number of hydrogen-bond acceptors (Lipinski definition) is 4. The number of fused-ring (bicyclic) bond motifs is 1. The molecule has 0 spiro atoms. The summed E-state index contributed by atoms with van der Waals surface area (Å²) in [6.07, 6.45) is 5.41. The number of nitrogens with one attached hydrogen (secondary N) is 1. The van der Waals surface area contributed by atoms with Gasteiger partial charge in [0.2, 0.25) is 11.8 Å². The normalized spacial score (nSPS) is 27.6. The van der Waals surface area contributed by atoms with E-state index in [1.807, 2.05) is 13.8 Å². The van der Waals surface area contributed by atoms with Crippen molar-refractivity contribution in [1.29, 1.82) is 0 Å². The van der Waals surface area contributed by atoms with Crippen molar-refractivity contribution in [2.24, 2.45) is 17.8 Å². The Morgan fingerprint density at radius 2 is 2.15 bits per heavy atom. The molecular formula is C15H23N3O2. The third-order valence-electron chi connectivity index (χ3n) is 4.58. The lowest BCUT2D eigenvalue weighted by Gasteiger charge is -2.05. The fourth-order valence-electron chi connectivity index (χ4n) is 3.38. The minimum absolute atomic E-state index is 0.257. The summed E-state index contributed by atoms with van der Waals surface area (Å²) < 4.78 is 5.18. The van der Waals surface area contributed by atoms with Crippen molar-refractivity contribution in [2.75, 3.05) is 6.54 Å². The SMILES string of the molecule is CC(C)c1noc(CCCNC(=O)C2[C@@H]3CCC[C@@H]23)n1. The Labute approximate surface area is 119 Å². The molecule has 2 aliphatic carbocycles. The number of hydrogen-bond donors (Lipinski definition) is 1. The van der Waals surface area contributed by atoms with Gasteiger partial charge in [0, 0.05) is 24.8 Å². The summed E-state index contributed by atoms with van der Waals surface area (Å²) >= 11 is 0. The Morgan fingerprint density at radius 3 is 2.80 bits per heavy atom. The van der Waals surface area contributed by atoms with Crippen molar-refractivity contribution in [2.45, 2.75) is 51.9 Å². The molecule has 5 nitrogen and oxygen atoms in total. The molecule has 1 amide bonds. The van der Waals surface area contributed by atoms with Crippen LogP contribution in [0.5, 0.6) is 0 Å². The molecule has 2 fully saturated rings. The molecule has 2 saturated carbocycles. The van der Waals surface area contributed by atoms with Crippen molar-refractivity contribution in [3.63, 3.8) is 0 Å². The fraction of sp³-hybridized carbons (Fsp3) is 0.800. The number of rotatable bonds is 6. The van der Waals surface area contributed by atoms with E-state index in [0.29, 0.717) is 36.1 Å². The molecular weight excluding hydrogens is 254 g/mol. The third kappa shape index (κ3) is 2.72. The van der Waals surface area contributed by atoms with Gasteiger partial charge in [-0.05, 0) is 31.1 Å². The predicted molar refractivity (Wildman–Crippen MR) is 74.0 cm³/mol. The molecule has 0 unspecified atom stereocenters. The van der Waals surface area contributed by atoms with Crippen LogP contribution in [0, 0.1) is 17.8 Å². The number of carbonyl (C=O) groups excluding carboxylic acids is 1. The lowest BCUT2D eigenvalue weighted by atomic mass is 10.1. The Bertz CT molecular complexity index is 473. The molecule has 1 N–H and O–H groups in total. The summed E-state index contributed by atoms with van der Waals surface area (Å²) in [5.41, 5.74) is 0. The van der Waals surface area contributed by atoms with Gasteiger partial charge in [0.25, 0.3) is 0 Å². The van der Waals surface area contributed by atoms with E-state index in [1.54, 1.807) is 0 Å². The highest BCUT2D eigenvalue weighted by molar-refractivity contribution is 5.82. The summed E-state index contributed by atoms with van der Waals surface area (Å²) in [4.78, 5) is 16.3. The topological polar surface area (TPSA) is 68.0 Å². The molecule has 5 heteroatoms. The highest BCUT2D eigenvalue weighted by atomic mass is 16.5. The molecule has 1 aromatic rings. The molecule has 20 heavy (non-hydrogen) atoms. The van der Waals surface area contributed by atoms with Crippen LogP contribution in [0.1, 0.15) is 57.2 Å². The van der Waals surface area contributed by atoms with Crippen LogP contribution in [0.3, 0.4) is 0 Å². The number of aryl methyl sites for hydroxylation is 1. The summed E-state index contributed by atoms with van der Waals surface area (Å²) in [5, 5.41) is 6.98. The van der Waals surface area contributed by atoms with Gasteiger partial charge >= 0.3 is 0 Å². The van der Waals surface area contributed by atoms with Crippen molar-refractivity contribution in [3.8, 4) is 0 Å². The Morgan fingerprint density at radius 1 is 1.40 bits per heavy atom. The lowest BCUT2D eigenvalue weighted by Crippen LogP contribution is -2.27. The second-order valence-electron chi connectivity index (χ2n) is 6.38. The standard InChI is InChI=1S/C15H23N3O2/c1-9(2)14-17-12(20-18-14)7-4-8-16-15(19)13-10-5-3-6-11(10)13/h9-11,13H,3-8H2,1-2H3,(H,16,19)/t10-,11-/m1/s1. The van der Waals surface area contributed by atoms with E-state index in [2.05, 4.69) is 15.5 Å². The first-order valence-electron chi connectivity index (χ1n) is 7.77. The van der Waals surface area contributed by atoms with Crippen LogP contribution in [0.15, 0.2) is 4.52 Å². The second kappa shape index (κ2) is 5.54. The highest BCUT2D eigenvalue weighted by Crippen LogP contribution is 2.57. The number of aromatic nitrogens is 2. The minimum atomic E-state index is 0.257. The van der Waals surface area contributed by atoms with E-state index in [1.165, 1.54) is 19.3 Å². The summed E-state index contributed by atoms with van der Waals surface area (Å²) in [5.74, 6) is 3.69. The molecule has 0 aromatic carbocycles.